The topological polar surface area (TPSA) is 125 Å². The van der Waals surface area contributed by atoms with E-state index in [4.69, 9.17) is 33.2 Å². The van der Waals surface area contributed by atoms with Crippen molar-refractivity contribution < 1.29 is 42.7 Å². The van der Waals surface area contributed by atoms with Crippen molar-refractivity contribution in [1.82, 2.24) is 39.2 Å². The maximum absolute atomic E-state index is 11.9. The van der Waals surface area contributed by atoms with E-state index in [1.807, 2.05) is 27.7 Å². The van der Waals surface area contributed by atoms with Crippen molar-refractivity contribution in [3.63, 3.8) is 0 Å². The molecule has 700 valence electrons. The zero-order valence-corrected chi connectivity index (χ0v) is 84.3. The van der Waals surface area contributed by atoms with Crippen LogP contribution in [-0.4, -0.2) is 287 Å². The summed E-state index contributed by atoms with van der Waals surface area (Å²) < 4.78 is 42.7. The van der Waals surface area contributed by atoms with Crippen LogP contribution in [0.1, 0.15) is 344 Å². The molecule has 15 aliphatic heterocycles. The lowest BCUT2D eigenvalue weighted by molar-refractivity contribution is -0.213. The fourth-order valence-electron chi connectivity index (χ4n) is 24.0. The molecule has 15 heterocycles. The summed E-state index contributed by atoms with van der Waals surface area (Å²) in [6.07, 6.45) is 25.4. The minimum Gasteiger partial charge on any atom is -0.378 e. The number of carbonyl (C=O) groups is 2. The Morgan fingerprint density at radius 3 is 0.967 bits per heavy atom. The molecule has 17 heteroatoms. The second-order valence-corrected chi connectivity index (χ2v) is 46.2. The molecule has 0 bridgehead atoms. The maximum Gasteiger partial charge on any atom is 0.141 e. The first-order valence-electron chi connectivity index (χ1n) is 50.7. The minimum absolute atomic E-state index is 0.0683. The predicted molar refractivity (Wildman–Crippen MR) is 498 cm³/mol. The van der Waals surface area contributed by atoms with E-state index in [0.717, 1.165) is 124 Å². The third-order valence-corrected chi connectivity index (χ3v) is 35.8. The summed E-state index contributed by atoms with van der Waals surface area (Å²) in [5.41, 5.74) is 1.82. The van der Waals surface area contributed by atoms with E-state index in [9.17, 15) is 9.59 Å². The molecular formula is C103H194N8O9. The molecule has 0 N–H and O–H groups in total. The number of ether oxygens (including phenoxy) is 7. The predicted octanol–water partition coefficient (Wildman–Crippen LogP) is 19.6. The lowest BCUT2D eigenvalue weighted by Gasteiger charge is -2.55. The van der Waals surface area contributed by atoms with Crippen LogP contribution in [-0.2, 0) is 42.7 Å². The highest BCUT2D eigenvalue weighted by Crippen LogP contribution is 2.54. The molecular weight excluding hydrogens is 1490 g/mol. The quantitative estimate of drug-likeness (QED) is 0.229. The molecule has 0 radical (unpaired) electrons. The molecule has 16 rings (SSSR count). The normalized spacial score (nSPS) is 38.0. The van der Waals surface area contributed by atoms with Crippen LogP contribution >= 0.6 is 0 Å². The van der Waals surface area contributed by atoms with Gasteiger partial charge in [-0.1, -0.05) is 69.2 Å². The molecule has 8 spiro atoms. The van der Waals surface area contributed by atoms with Gasteiger partial charge in [-0.3, -0.25) is 29.2 Å². The molecule has 1 aliphatic carbocycles. The summed E-state index contributed by atoms with van der Waals surface area (Å²) in [5.74, 6) is 7.29. The van der Waals surface area contributed by atoms with Crippen molar-refractivity contribution >= 4 is 11.6 Å². The zero-order chi connectivity index (χ0) is 88.7. The lowest BCUT2D eigenvalue weighted by atomic mass is 9.70. The van der Waals surface area contributed by atoms with E-state index in [1.165, 1.54) is 162 Å². The Labute approximate surface area is 739 Å². The second kappa shape index (κ2) is 43.2. The third-order valence-electron chi connectivity index (χ3n) is 35.8. The molecule has 17 nitrogen and oxygen atoms in total. The number of likely N-dealkylation sites (tertiary alicyclic amines) is 8. The van der Waals surface area contributed by atoms with Crippen molar-refractivity contribution in [1.29, 1.82) is 0 Å². The molecule has 15 saturated heterocycles. The summed E-state index contributed by atoms with van der Waals surface area (Å²) in [5, 5.41) is 0. The van der Waals surface area contributed by atoms with Gasteiger partial charge in [-0.25, -0.2) is 0 Å². The SMILES string of the molecule is CC1CC2(CCN(C(C)C)CC2)OC1C.CC1CCC2(CCN(C(C)C)C2)OC1C.CC1CCC2(CCN(C(C)C)CC2)C1C.CC1CCC2(CN(C(C)C)C2)OC1C.CC1COC2(CCN(C(C)C)CC2)C1C.CC1OC2(CC(=O)C1C)CN(C(C)C)C2.CC1OC2(CCN(C(C)C)C2)CC(=O)C1C.CC1OCC2(CCN(C(C)C)CC2)C1C. The smallest absolute Gasteiger partial charge is 0.141 e. The molecule has 0 amide bonds. The molecule has 18 atom stereocenters. The first kappa shape index (κ1) is 102. The van der Waals surface area contributed by atoms with Crippen molar-refractivity contribution in [2.45, 2.75) is 462 Å². The maximum atomic E-state index is 11.9. The number of hydrogen-bond acceptors (Lipinski definition) is 17. The fraction of sp³-hybridized carbons (Fsp3) is 0.981. The molecule has 0 aromatic carbocycles. The van der Waals surface area contributed by atoms with Crippen molar-refractivity contribution in [2.24, 2.45) is 70.0 Å². The average Bonchev–Trinajstić information content (AvgIpc) is 1.36. The number of Topliss-reactive ketones (excluding diaryl/α,β-unsaturated/α-hetero) is 2. The lowest BCUT2D eigenvalue weighted by Crippen LogP contribution is -2.68. The Bertz CT molecular complexity index is 2940. The molecule has 16 fully saturated rings. The van der Waals surface area contributed by atoms with Crippen LogP contribution in [0.5, 0.6) is 0 Å². The van der Waals surface area contributed by atoms with E-state index in [2.05, 4.69) is 233 Å². The largest absolute Gasteiger partial charge is 0.378 e. The van der Waals surface area contributed by atoms with Gasteiger partial charge in [-0.05, 0) is 340 Å². The van der Waals surface area contributed by atoms with Gasteiger partial charge >= 0.3 is 0 Å². The van der Waals surface area contributed by atoms with Crippen LogP contribution in [0.3, 0.4) is 0 Å². The van der Waals surface area contributed by atoms with Gasteiger partial charge in [0.25, 0.3) is 0 Å². The van der Waals surface area contributed by atoms with Crippen molar-refractivity contribution in [3.05, 3.63) is 0 Å². The van der Waals surface area contributed by atoms with Crippen LogP contribution in [0.4, 0.5) is 0 Å². The number of hydrogen-bond donors (Lipinski definition) is 0. The highest BCUT2D eigenvalue weighted by molar-refractivity contribution is 5.83. The highest BCUT2D eigenvalue weighted by Gasteiger charge is 2.55. The van der Waals surface area contributed by atoms with Crippen LogP contribution in [0.2, 0.25) is 0 Å². The van der Waals surface area contributed by atoms with Gasteiger partial charge < -0.3 is 52.8 Å². The highest BCUT2D eigenvalue weighted by atomic mass is 16.5. The van der Waals surface area contributed by atoms with Crippen LogP contribution < -0.4 is 0 Å². The summed E-state index contributed by atoms with van der Waals surface area (Å²) >= 11 is 0. The summed E-state index contributed by atoms with van der Waals surface area (Å²) in [4.78, 5) is 44.0. The van der Waals surface area contributed by atoms with E-state index >= 15 is 0 Å². The standard InChI is InChI=1S/C14H27N.C13H23NO2.4C13H25NO.C12H21NO2.C12H23NO/c1-11(2)15-9-7-14(8-10-15)6-5-12(3)13(14)4;1-9(2)14-6-5-13(8-14)7-12(15)10(3)11(4)16-13;1-10(2)14-7-5-13(6-8-14)9-15-12(4)11(13)3;1-10(2)14-7-5-13(6-8-14)12(4)11(3)9-15-13;1-10(2)14-7-5-13(6-8-14)9-11(3)12(4)15-13;1-10(2)14-8-7-13(9-14)6-5-11(3)12(4)15-13;1-8(2)13-6-12(7-13)5-11(14)9(3)10(4)15-12;1-9(2)13-7-12(8-13)6-5-10(3)11(4)14-12/h11-13H,5-10H2,1-4H3;9-11H,5-8H2,1-4H3;4*10-12H,5-9H2,1-4H3;8-10H,5-7H2,1-4H3;9-11H,5-8H2,1-4H3. The Kier molecular flexibility index (Phi) is 36.9. The van der Waals surface area contributed by atoms with E-state index in [0.29, 0.717) is 96.5 Å². The Hall–Kier alpha value is -1.26. The van der Waals surface area contributed by atoms with Crippen molar-refractivity contribution in [2.75, 3.05) is 118 Å². The van der Waals surface area contributed by atoms with Gasteiger partial charge in [0.15, 0.2) is 0 Å². The summed E-state index contributed by atoms with van der Waals surface area (Å²) in [6, 6.07) is 5.29. The zero-order valence-electron chi connectivity index (χ0n) is 84.3. The minimum atomic E-state index is -0.173. The van der Waals surface area contributed by atoms with Crippen LogP contribution in [0.15, 0.2) is 0 Å². The molecule has 0 aromatic heterocycles. The van der Waals surface area contributed by atoms with E-state index < -0.39 is 0 Å². The third kappa shape index (κ3) is 25.3. The van der Waals surface area contributed by atoms with Gasteiger partial charge in [0.1, 0.15) is 17.2 Å². The molecule has 18 unspecified atom stereocenters. The number of piperidine rings is 4. The molecule has 16 aliphatic rings. The first-order chi connectivity index (χ1) is 56.1. The number of ketones is 2. The van der Waals surface area contributed by atoms with Gasteiger partial charge in [-0.2, -0.15) is 0 Å². The molecule has 0 aromatic rings. The van der Waals surface area contributed by atoms with Gasteiger partial charge in [0.2, 0.25) is 0 Å². The van der Waals surface area contributed by atoms with Crippen molar-refractivity contribution in [3.8, 4) is 0 Å². The van der Waals surface area contributed by atoms with E-state index in [1.54, 1.807) is 0 Å². The molecule has 1 saturated carbocycles. The number of rotatable bonds is 8. The van der Waals surface area contributed by atoms with Gasteiger partial charge in [0.05, 0.1) is 77.8 Å². The average molecular weight is 1690 g/mol. The summed E-state index contributed by atoms with van der Waals surface area (Å²) in [6.45, 7) is 92.8. The van der Waals surface area contributed by atoms with Gasteiger partial charge in [0, 0.05) is 157 Å². The monoisotopic (exact) mass is 1690 g/mol. The number of carbonyl (C=O) groups excluding carboxylic acids is 2. The van der Waals surface area contributed by atoms with Gasteiger partial charge in [-0.15, -0.1) is 0 Å². The fourth-order valence-corrected chi connectivity index (χ4v) is 24.0. The van der Waals surface area contributed by atoms with Crippen LogP contribution in [0.25, 0.3) is 0 Å². The van der Waals surface area contributed by atoms with E-state index in [-0.39, 0.29) is 57.7 Å². The Morgan fingerprint density at radius 2 is 0.600 bits per heavy atom. The van der Waals surface area contributed by atoms with Crippen LogP contribution in [0, 0.1) is 70.0 Å². The first-order valence-corrected chi connectivity index (χ1v) is 50.7. The number of nitrogens with zero attached hydrogens (tertiary/aromatic N) is 8. The summed E-state index contributed by atoms with van der Waals surface area (Å²) in [7, 11) is 0. The second-order valence-electron chi connectivity index (χ2n) is 46.2. The Morgan fingerprint density at radius 1 is 0.275 bits per heavy atom. The molecule has 120 heavy (non-hydrogen) atoms. The Balaban J connectivity index is 0.000000156.